The van der Waals surface area contributed by atoms with Gasteiger partial charge in [0.1, 0.15) is 12.4 Å². The van der Waals surface area contributed by atoms with E-state index in [4.69, 9.17) is 4.74 Å². The van der Waals surface area contributed by atoms with Gasteiger partial charge >= 0.3 is 0 Å². The van der Waals surface area contributed by atoms with Crippen LogP contribution >= 0.6 is 0 Å². The molecule has 0 radical (unpaired) electrons. The van der Waals surface area contributed by atoms with E-state index >= 15 is 0 Å². The quantitative estimate of drug-likeness (QED) is 0.834. The van der Waals surface area contributed by atoms with E-state index in [0.29, 0.717) is 0 Å². The Balaban J connectivity index is 2.09. The first-order valence-electron chi connectivity index (χ1n) is 5.97. The van der Waals surface area contributed by atoms with Crippen molar-refractivity contribution in [3.8, 4) is 0 Å². The number of hydrogen-bond acceptors (Lipinski definition) is 4. The monoisotopic (exact) mass is 247 g/mol. The highest BCUT2D eigenvalue weighted by Gasteiger charge is 2.08. The van der Waals surface area contributed by atoms with E-state index in [1.54, 1.807) is 0 Å². The van der Waals surface area contributed by atoms with E-state index in [-0.39, 0.29) is 12.5 Å². The van der Waals surface area contributed by atoms with Gasteiger partial charge in [-0.15, -0.1) is 0 Å². The zero-order chi connectivity index (χ0) is 12.8. The summed E-state index contributed by atoms with van der Waals surface area (Å²) in [5, 5.41) is 6.03. The summed E-state index contributed by atoms with van der Waals surface area (Å²) in [6.45, 7) is 1.85. The standard InChI is InChI=1S/C13H17N3O2/c1-18-9-12(17)16-11-5-2-4-10(8-11)13-14-6-3-7-15-13/h2,4-5,8H,3,6-7,9H2,1H3,(H,14,15)(H,16,17). The number of carbonyl (C=O) groups excluding carboxylic acids is 1. The van der Waals surface area contributed by atoms with Crippen LogP contribution in [0, 0.1) is 0 Å². The molecule has 0 aliphatic carbocycles. The lowest BCUT2D eigenvalue weighted by Crippen LogP contribution is -2.30. The van der Waals surface area contributed by atoms with Crippen molar-refractivity contribution >= 4 is 17.4 Å². The SMILES string of the molecule is COCC(=O)Nc1cccc(C2=NCCCN2)c1. The molecule has 1 aliphatic heterocycles. The summed E-state index contributed by atoms with van der Waals surface area (Å²) in [5.74, 6) is 0.734. The second kappa shape index (κ2) is 6.16. The molecule has 2 N–H and O–H groups in total. The van der Waals surface area contributed by atoms with Gasteiger partial charge in [0.25, 0.3) is 0 Å². The van der Waals surface area contributed by atoms with Gasteiger partial charge in [0.05, 0.1) is 0 Å². The van der Waals surface area contributed by atoms with Crippen LogP contribution in [0.15, 0.2) is 29.3 Å². The fourth-order valence-corrected chi connectivity index (χ4v) is 1.80. The average molecular weight is 247 g/mol. The third-order valence-electron chi connectivity index (χ3n) is 2.59. The molecule has 0 bridgehead atoms. The summed E-state index contributed by atoms with van der Waals surface area (Å²) < 4.78 is 4.77. The number of nitrogens with zero attached hydrogens (tertiary/aromatic N) is 1. The highest BCUT2D eigenvalue weighted by molar-refractivity contribution is 6.01. The molecule has 0 fully saturated rings. The molecule has 1 aromatic carbocycles. The predicted molar refractivity (Wildman–Crippen MR) is 71.0 cm³/mol. The van der Waals surface area contributed by atoms with Crippen LogP contribution in [0.25, 0.3) is 0 Å². The number of carbonyl (C=O) groups is 1. The topological polar surface area (TPSA) is 62.7 Å². The smallest absolute Gasteiger partial charge is 0.250 e. The molecule has 1 aromatic rings. The third kappa shape index (κ3) is 3.30. The first-order valence-corrected chi connectivity index (χ1v) is 5.97. The Kier molecular flexibility index (Phi) is 4.30. The van der Waals surface area contributed by atoms with Gasteiger partial charge in [0, 0.05) is 31.5 Å². The lowest BCUT2D eigenvalue weighted by molar-refractivity contribution is -0.119. The number of amidine groups is 1. The van der Waals surface area contributed by atoms with Gasteiger partial charge < -0.3 is 15.4 Å². The molecule has 5 nitrogen and oxygen atoms in total. The highest BCUT2D eigenvalue weighted by Crippen LogP contribution is 2.12. The van der Waals surface area contributed by atoms with Crippen LogP contribution in [-0.2, 0) is 9.53 Å². The van der Waals surface area contributed by atoms with E-state index < -0.39 is 0 Å². The molecule has 0 saturated carbocycles. The zero-order valence-electron chi connectivity index (χ0n) is 10.4. The number of aliphatic imine (C=N–C) groups is 1. The van der Waals surface area contributed by atoms with Crippen LogP contribution in [0.1, 0.15) is 12.0 Å². The molecule has 5 heteroatoms. The molecule has 0 unspecified atom stereocenters. The predicted octanol–water partition coefficient (Wildman–Crippen LogP) is 1.01. The summed E-state index contributed by atoms with van der Waals surface area (Å²) >= 11 is 0. The van der Waals surface area contributed by atoms with Crippen LogP contribution < -0.4 is 10.6 Å². The third-order valence-corrected chi connectivity index (χ3v) is 2.59. The molecule has 1 heterocycles. The molecule has 0 aromatic heterocycles. The summed E-state index contributed by atoms with van der Waals surface area (Å²) in [6, 6.07) is 7.63. The van der Waals surface area contributed by atoms with Crippen molar-refractivity contribution in [3.05, 3.63) is 29.8 Å². The van der Waals surface area contributed by atoms with Crippen LogP contribution in [0.2, 0.25) is 0 Å². The fourth-order valence-electron chi connectivity index (χ4n) is 1.80. The zero-order valence-corrected chi connectivity index (χ0v) is 10.4. The van der Waals surface area contributed by atoms with Crippen LogP contribution in [0.5, 0.6) is 0 Å². The minimum absolute atomic E-state index is 0.0590. The maximum absolute atomic E-state index is 11.4. The molecule has 18 heavy (non-hydrogen) atoms. The van der Waals surface area contributed by atoms with Gasteiger partial charge in [0.2, 0.25) is 5.91 Å². The van der Waals surface area contributed by atoms with Crippen molar-refractivity contribution < 1.29 is 9.53 Å². The fraction of sp³-hybridized carbons (Fsp3) is 0.385. The van der Waals surface area contributed by atoms with Crippen LogP contribution in [0.4, 0.5) is 5.69 Å². The first-order chi connectivity index (χ1) is 8.79. The molecular formula is C13H17N3O2. The largest absolute Gasteiger partial charge is 0.375 e. The number of rotatable bonds is 4. The maximum atomic E-state index is 11.4. The van der Waals surface area contributed by atoms with E-state index in [1.165, 1.54) is 7.11 Å². The van der Waals surface area contributed by atoms with Crippen molar-refractivity contribution in [2.24, 2.45) is 4.99 Å². The van der Waals surface area contributed by atoms with E-state index in [1.807, 2.05) is 24.3 Å². The number of methoxy groups -OCH3 is 1. The Morgan fingerprint density at radius 3 is 3.17 bits per heavy atom. The molecule has 2 rings (SSSR count). The number of ether oxygens (including phenoxy) is 1. The van der Waals surface area contributed by atoms with Crippen molar-refractivity contribution in [2.45, 2.75) is 6.42 Å². The second-order valence-corrected chi connectivity index (χ2v) is 4.07. The van der Waals surface area contributed by atoms with Gasteiger partial charge in [-0.2, -0.15) is 0 Å². The van der Waals surface area contributed by atoms with Crippen molar-refractivity contribution in [1.82, 2.24) is 5.32 Å². The number of anilines is 1. The van der Waals surface area contributed by atoms with E-state index in [2.05, 4.69) is 15.6 Å². The van der Waals surface area contributed by atoms with Crippen LogP contribution in [-0.4, -0.2) is 38.5 Å². The second-order valence-electron chi connectivity index (χ2n) is 4.07. The van der Waals surface area contributed by atoms with E-state index in [9.17, 15) is 4.79 Å². The molecule has 1 amide bonds. The Hall–Kier alpha value is -1.88. The van der Waals surface area contributed by atoms with Gasteiger partial charge in [-0.25, -0.2) is 0 Å². The molecule has 0 spiro atoms. The van der Waals surface area contributed by atoms with E-state index in [0.717, 1.165) is 36.6 Å². The normalized spacial score (nSPS) is 14.6. The van der Waals surface area contributed by atoms with Gasteiger partial charge in [-0.3, -0.25) is 9.79 Å². The van der Waals surface area contributed by atoms with Crippen molar-refractivity contribution in [3.63, 3.8) is 0 Å². The Morgan fingerprint density at radius 2 is 2.44 bits per heavy atom. The number of benzene rings is 1. The number of amides is 1. The highest BCUT2D eigenvalue weighted by atomic mass is 16.5. The first kappa shape index (κ1) is 12.6. The molecule has 0 atom stereocenters. The molecule has 0 saturated heterocycles. The number of hydrogen-bond donors (Lipinski definition) is 2. The van der Waals surface area contributed by atoms with Gasteiger partial charge in [-0.05, 0) is 18.6 Å². The minimum Gasteiger partial charge on any atom is -0.375 e. The molecular weight excluding hydrogens is 230 g/mol. The number of nitrogens with one attached hydrogen (secondary N) is 2. The summed E-state index contributed by atoms with van der Waals surface area (Å²) in [5.41, 5.74) is 1.74. The summed E-state index contributed by atoms with van der Waals surface area (Å²) in [4.78, 5) is 15.8. The lowest BCUT2D eigenvalue weighted by atomic mass is 10.1. The summed E-state index contributed by atoms with van der Waals surface area (Å²) in [7, 11) is 1.50. The minimum atomic E-state index is -0.159. The average Bonchev–Trinajstić information content (AvgIpc) is 2.40. The Labute approximate surface area is 106 Å². The lowest BCUT2D eigenvalue weighted by Gasteiger charge is -2.15. The van der Waals surface area contributed by atoms with Crippen molar-refractivity contribution in [2.75, 3.05) is 32.1 Å². The van der Waals surface area contributed by atoms with Crippen molar-refractivity contribution in [1.29, 1.82) is 0 Å². The maximum Gasteiger partial charge on any atom is 0.250 e. The Bertz CT molecular complexity index is 457. The molecule has 96 valence electrons. The summed E-state index contributed by atoms with van der Waals surface area (Å²) in [6.07, 6.45) is 1.06. The Morgan fingerprint density at radius 1 is 1.56 bits per heavy atom. The van der Waals surface area contributed by atoms with Gasteiger partial charge in [0.15, 0.2) is 0 Å². The van der Waals surface area contributed by atoms with Gasteiger partial charge in [-0.1, -0.05) is 12.1 Å². The van der Waals surface area contributed by atoms with Crippen LogP contribution in [0.3, 0.4) is 0 Å². The molecule has 1 aliphatic rings.